The lowest BCUT2D eigenvalue weighted by atomic mass is 10.0. The van der Waals surface area contributed by atoms with Crippen LogP contribution in [0.25, 0.3) is 6.08 Å². The summed E-state index contributed by atoms with van der Waals surface area (Å²) in [6, 6.07) is 5.77. The number of rotatable bonds is 6. The average Bonchev–Trinajstić information content (AvgIpc) is 2.54. The summed E-state index contributed by atoms with van der Waals surface area (Å²) in [7, 11) is 0. The molecular weight excluding hydrogens is 280 g/mol. The van der Waals surface area contributed by atoms with Crippen LogP contribution in [0, 0.1) is 6.92 Å². The van der Waals surface area contributed by atoms with Crippen molar-refractivity contribution in [1.82, 2.24) is 0 Å². The maximum atomic E-state index is 11.1. The first-order chi connectivity index (χ1) is 11.0. The summed E-state index contributed by atoms with van der Waals surface area (Å²) in [5.41, 5.74) is 4.41. The lowest BCUT2D eigenvalue weighted by Gasteiger charge is -2.02. The summed E-state index contributed by atoms with van der Waals surface area (Å²) in [4.78, 5) is 11.1. The van der Waals surface area contributed by atoms with Gasteiger partial charge >= 0.3 is 0 Å². The Balaban J connectivity index is 0.000000438. The normalized spacial score (nSPS) is 11.4. The molecule has 0 aliphatic heterocycles. The van der Waals surface area contributed by atoms with E-state index in [1.54, 1.807) is 6.92 Å². The Kier molecular flexibility index (Phi) is 11.2. The highest BCUT2D eigenvalue weighted by Crippen LogP contribution is 2.13. The molecule has 23 heavy (non-hydrogen) atoms. The first-order valence-electron chi connectivity index (χ1n) is 8.18. The molecule has 0 N–H and O–H groups in total. The molecular formula is C22H30O. The molecule has 1 aromatic rings. The zero-order chi connectivity index (χ0) is 17.7. The molecule has 0 aliphatic rings. The van der Waals surface area contributed by atoms with Crippen molar-refractivity contribution < 1.29 is 4.79 Å². The van der Waals surface area contributed by atoms with Crippen molar-refractivity contribution in [2.45, 2.75) is 47.5 Å². The van der Waals surface area contributed by atoms with Gasteiger partial charge in [-0.3, -0.25) is 4.79 Å². The molecule has 0 spiro atoms. The monoisotopic (exact) mass is 310 g/mol. The van der Waals surface area contributed by atoms with Gasteiger partial charge in [0.15, 0.2) is 5.78 Å². The van der Waals surface area contributed by atoms with Gasteiger partial charge in [0, 0.05) is 5.56 Å². The fourth-order valence-corrected chi connectivity index (χ4v) is 1.98. The summed E-state index contributed by atoms with van der Waals surface area (Å²) >= 11 is 0. The Morgan fingerprint density at radius 2 is 1.91 bits per heavy atom. The summed E-state index contributed by atoms with van der Waals surface area (Å²) in [5.74, 6) is 0.116. The molecule has 0 fully saturated rings. The molecule has 1 heteroatoms. The van der Waals surface area contributed by atoms with Crippen LogP contribution >= 0.6 is 0 Å². The molecule has 1 aromatic carbocycles. The standard InChI is InChI=1S/C12H14O.C10H16/c1-4-5-11-8-12(10(3)13)7-6-9(11)2;1-4-7-9-10(6-3)8-5-2/h4-8H,1-3H3;4,6-7,9H,3,5,8H2,1-2H3/b5-4-;7-4-,10-9+. The Bertz CT molecular complexity index is 586. The van der Waals surface area contributed by atoms with Crippen LogP contribution in [0.15, 0.2) is 60.7 Å². The van der Waals surface area contributed by atoms with Crippen LogP contribution < -0.4 is 0 Å². The minimum Gasteiger partial charge on any atom is -0.295 e. The lowest BCUT2D eigenvalue weighted by Crippen LogP contribution is -1.93. The molecule has 0 bridgehead atoms. The summed E-state index contributed by atoms with van der Waals surface area (Å²) in [6.07, 6.45) is 14.4. The summed E-state index contributed by atoms with van der Waals surface area (Å²) in [6.45, 7) is 13.5. The van der Waals surface area contributed by atoms with Crippen LogP contribution in [0.1, 0.15) is 62.0 Å². The second-order valence-corrected chi connectivity index (χ2v) is 5.35. The Hall–Kier alpha value is -2.15. The Labute approximate surface area is 142 Å². The first-order valence-corrected chi connectivity index (χ1v) is 8.18. The van der Waals surface area contributed by atoms with E-state index in [0.29, 0.717) is 0 Å². The zero-order valence-corrected chi connectivity index (χ0v) is 15.2. The van der Waals surface area contributed by atoms with Gasteiger partial charge in [0.05, 0.1) is 0 Å². The predicted octanol–water partition coefficient (Wildman–Crippen LogP) is 6.71. The minimum absolute atomic E-state index is 0.116. The molecule has 0 saturated heterocycles. The first kappa shape index (κ1) is 20.9. The van der Waals surface area contributed by atoms with Crippen LogP contribution in [0.4, 0.5) is 0 Å². The van der Waals surface area contributed by atoms with E-state index in [4.69, 9.17) is 0 Å². The van der Waals surface area contributed by atoms with E-state index >= 15 is 0 Å². The molecule has 1 rings (SSSR count). The molecule has 0 aromatic heterocycles. The SMILES string of the molecule is C/C=C\c1cc(C(C)=O)ccc1C.C=C/C(=C\C=C/C)CCC. The molecule has 0 aliphatic carbocycles. The number of Topliss-reactive ketones (excluding diaryl/α,β-unsaturated/α-hetero) is 1. The van der Waals surface area contributed by atoms with Gasteiger partial charge in [0.25, 0.3) is 0 Å². The van der Waals surface area contributed by atoms with Crippen LogP contribution in [0.3, 0.4) is 0 Å². The summed E-state index contributed by atoms with van der Waals surface area (Å²) in [5, 5.41) is 0. The van der Waals surface area contributed by atoms with Crippen LogP contribution in [-0.2, 0) is 0 Å². The molecule has 0 heterocycles. The molecule has 0 amide bonds. The maximum Gasteiger partial charge on any atom is 0.159 e. The number of aryl methyl sites for hydroxylation is 1. The minimum atomic E-state index is 0.116. The molecule has 124 valence electrons. The van der Waals surface area contributed by atoms with Crippen LogP contribution in [-0.4, -0.2) is 5.78 Å². The van der Waals surface area contributed by atoms with E-state index in [2.05, 4.69) is 19.6 Å². The summed E-state index contributed by atoms with van der Waals surface area (Å²) < 4.78 is 0. The van der Waals surface area contributed by atoms with E-state index < -0.39 is 0 Å². The van der Waals surface area contributed by atoms with Gasteiger partial charge in [-0.05, 0) is 56.9 Å². The number of hydrogen-bond donors (Lipinski definition) is 0. The van der Waals surface area contributed by atoms with Gasteiger partial charge in [-0.15, -0.1) is 0 Å². The zero-order valence-electron chi connectivity index (χ0n) is 15.2. The highest BCUT2D eigenvalue weighted by molar-refractivity contribution is 5.94. The van der Waals surface area contributed by atoms with Crippen molar-refractivity contribution >= 4 is 11.9 Å². The second-order valence-electron chi connectivity index (χ2n) is 5.35. The number of ketones is 1. The third kappa shape index (κ3) is 8.77. The Morgan fingerprint density at radius 3 is 2.39 bits per heavy atom. The maximum absolute atomic E-state index is 11.1. The number of hydrogen-bond acceptors (Lipinski definition) is 1. The van der Waals surface area contributed by atoms with Crippen molar-refractivity contribution in [2.75, 3.05) is 0 Å². The number of carbonyl (C=O) groups is 1. The molecule has 0 atom stereocenters. The third-order valence-corrected chi connectivity index (χ3v) is 3.34. The highest BCUT2D eigenvalue weighted by atomic mass is 16.1. The molecule has 0 saturated carbocycles. The number of carbonyl (C=O) groups excluding carboxylic acids is 1. The van der Waals surface area contributed by atoms with Crippen molar-refractivity contribution in [3.05, 3.63) is 77.4 Å². The smallest absolute Gasteiger partial charge is 0.159 e. The number of benzene rings is 1. The van der Waals surface area contributed by atoms with E-state index in [9.17, 15) is 4.79 Å². The van der Waals surface area contributed by atoms with Crippen molar-refractivity contribution in [2.24, 2.45) is 0 Å². The van der Waals surface area contributed by atoms with E-state index in [1.807, 2.05) is 69.4 Å². The topological polar surface area (TPSA) is 17.1 Å². The van der Waals surface area contributed by atoms with Crippen molar-refractivity contribution in [1.29, 1.82) is 0 Å². The van der Waals surface area contributed by atoms with Crippen molar-refractivity contribution in [3.63, 3.8) is 0 Å². The van der Waals surface area contributed by atoms with Gasteiger partial charge < -0.3 is 0 Å². The molecule has 0 radical (unpaired) electrons. The van der Waals surface area contributed by atoms with E-state index in [1.165, 1.54) is 17.6 Å². The lowest BCUT2D eigenvalue weighted by molar-refractivity contribution is 0.101. The van der Waals surface area contributed by atoms with Gasteiger partial charge in [0.1, 0.15) is 0 Å². The van der Waals surface area contributed by atoms with Crippen molar-refractivity contribution in [3.8, 4) is 0 Å². The second kappa shape index (κ2) is 12.4. The van der Waals surface area contributed by atoms with Crippen LogP contribution in [0.2, 0.25) is 0 Å². The highest BCUT2D eigenvalue weighted by Gasteiger charge is 2.00. The van der Waals surface area contributed by atoms with Gasteiger partial charge in [-0.1, -0.05) is 68.5 Å². The molecule has 0 unspecified atom stereocenters. The third-order valence-electron chi connectivity index (χ3n) is 3.34. The fraction of sp³-hybridized carbons (Fsp3) is 0.318. The van der Waals surface area contributed by atoms with E-state index in [0.717, 1.165) is 17.5 Å². The van der Waals surface area contributed by atoms with Gasteiger partial charge in [0.2, 0.25) is 0 Å². The predicted molar refractivity (Wildman–Crippen MR) is 104 cm³/mol. The average molecular weight is 310 g/mol. The van der Waals surface area contributed by atoms with Crippen LogP contribution in [0.5, 0.6) is 0 Å². The quantitative estimate of drug-likeness (QED) is 0.422. The number of allylic oxidation sites excluding steroid dienone is 6. The van der Waals surface area contributed by atoms with Gasteiger partial charge in [-0.2, -0.15) is 0 Å². The van der Waals surface area contributed by atoms with Gasteiger partial charge in [-0.25, -0.2) is 0 Å². The molecule has 1 nitrogen and oxygen atoms in total. The van der Waals surface area contributed by atoms with E-state index in [-0.39, 0.29) is 5.78 Å². The largest absolute Gasteiger partial charge is 0.295 e. The Morgan fingerprint density at radius 1 is 1.22 bits per heavy atom. The fourth-order valence-electron chi connectivity index (χ4n) is 1.98.